The van der Waals surface area contributed by atoms with Gasteiger partial charge in [0.15, 0.2) is 0 Å². The van der Waals surface area contributed by atoms with Crippen LogP contribution >= 0.6 is 11.3 Å². The Morgan fingerprint density at radius 2 is 2.18 bits per heavy atom. The molecule has 0 unspecified atom stereocenters. The van der Waals surface area contributed by atoms with Gasteiger partial charge in [-0.15, -0.1) is 0 Å². The molecule has 3 fully saturated rings. The number of fused-ring (bicyclic) bond motifs is 1. The van der Waals surface area contributed by atoms with Crippen LogP contribution < -0.4 is 5.32 Å². The summed E-state index contributed by atoms with van der Waals surface area (Å²) < 4.78 is 6.31. The average Bonchev–Trinajstić information content (AvgIpc) is 3.07. The molecule has 7 heteroatoms. The maximum absolute atomic E-state index is 12.9. The third kappa shape index (κ3) is 3.88. The number of thiophene rings is 1. The van der Waals surface area contributed by atoms with E-state index in [0.717, 1.165) is 49.7 Å². The van der Waals surface area contributed by atoms with Crippen LogP contribution in [0.4, 0.5) is 0 Å². The predicted octanol–water partition coefficient (Wildman–Crippen LogP) is 3.00. The largest absolute Gasteiger partial charge is 0.376 e. The van der Waals surface area contributed by atoms with Gasteiger partial charge in [-0.2, -0.15) is 16.4 Å². The molecule has 1 aliphatic heterocycles. The van der Waals surface area contributed by atoms with Crippen LogP contribution in [-0.2, 0) is 4.74 Å². The van der Waals surface area contributed by atoms with Crippen molar-refractivity contribution in [2.75, 3.05) is 26.7 Å². The fourth-order valence-electron chi connectivity index (χ4n) is 4.77. The normalized spacial score (nSPS) is 30.3. The van der Waals surface area contributed by atoms with Crippen LogP contribution in [0.5, 0.6) is 0 Å². The maximum Gasteiger partial charge on any atom is 0.269 e. The summed E-state index contributed by atoms with van der Waals surface area (Å²) in [5.41, 5.74) is 2.38. The number of carbonyl (C=O) groups is 1. The third-order valence-electron chi connectivity index (χ3n) is 6.50. The Morgan fingerprint density at radius 3 is 2.93 bits per heavy atom. The lowest BCUT2D eigenvalue weighted by molar-refractivity contribution is -0.0212. The fourth-order valence-corrected chi connectivity index (χ4v) is 5.42. The molecular weight excluding hydrogens is 372 g/mol. The van der Waals surface area contributed by atoms with Gasteiger partial charge in [-0.1, -0.05) is 0 Å². The molecule has 2 aliphatic carbocycles. The van der Waals surface area contributed by atoms with E-state index in [9.17, 15) is 4.79 Å². The SMILES string of the molecule is CN1C[C@H]2C[C@H](OCC3CC3)[C@@H](NC(=O)c3cc(-c4ccsc4)n[nH]3)C[C@H]2C1. The van der Waals surface area contributed by atoms with Gasteiger partial charge in [0.1, 0.15) is 5.69 Å². The van der Waals surface area contributed by atoms with E-state index in [2.05, 4.69) is 27.5 Å². The summed E-state index contributed by atoms with van der Waals surface area (Å²) >= 11 is 1.63. The molecule has 28 heavy (non-hydrogen) atoms. The van der Waals surface area contributed by atoms with Crippen LogP contribution in [0.1, 0.15) is 36.2 Å². The highest BCUT2D eigenvalue weighted by atomic mass is 32.1. The van der Waals surface area contributed by atoms with Crippen LogP contribution in [0.2, 0.25) is 0 Å². The summed E-state index contributed by atoms with van der Waals surface area (Å²) in [5.74, 6) is 2.00. The van der Waals surface area contributed by atoms with Gasteiger partial charge < -0.3 is 15.0 Å². The van der Waals surface area contributed by atoms with E-state index in [1.807, 2.05) is 22.9 Å². The lowest BCUT2D eigenvalue weighted by atomic mass is 9.77. The van der Waals surface area contributed by atoms with Gasteiger partial charge in [0.2, 0.25) is 0 Å². The van der Waals surface area contributed by atoms with Crippen molar-refractivity contribution < 1.29 is 9.53 Å². The van der Waals surface area contributed by atoms with Crippen molar-refractivity contribution in [3.8, 4) is 11.3 Å². The Bertz CT molecular complexity index is 816. The number of rotatable bonds is 6. The number of amides is 1. The molecule has 3 aliphatic rings. The van der Waals surface area contributed by atoms with Crippen LogP contribution in [0, 0.1) is 17.8 Å². The molecule has 0 spiro atoms. The smallest absolute Gasteiger partial charge is 0.269 e. The predicted molar refractivity (Wildman–Crippen MR) is 109 cm³/mol. The first kappa shape index (κ1) is 18.3. The monoisotopic (exact) mass is 400 g/mol. The minimum atomic E-state index is -0.0798. The summed E-state index contributed by atoms with van der Waals surface area (Å²) in [6.07, 6.45) is 4.75. The quantitative estimate of drug-likeness (QED) is 0.782. The first-order chi connectivity index (χ1) is 13.7. The van der Waals surface area contributed by atoms with Crippen molar-refractivity contribution in [2.24, 2.45) is 17.8 Å². The maximum atomic E-state index is 12.9. The molecule has 3 heterocycles. The lowest BCUT2D eigenvalue weighted by Crippen LogP contribution is -2.50. The second kappa shape index (κ2) is 7.61. The molecule has 2 saturated carbocycles. The molecule has 0 radical (unpaired) electrons. The zero-order valence-corrected chi connectivity index (χ0v) is 17.1. The molecule has 2 aromatic heterocycles. The van der Waals surface area contributed by atoms with Crippen LogP contribution in [0.3, 0.4) is 0 Å². The van der Waals surface area contributed by atoms with Crippen LogP contribution in [0.15, 0.2) is 22.9 Å². The van der Waals surface area contributed by atoms with Crippen molar-refractivity contribution in [3.63, 3.8) is 0 Å². The van der Waals surface area contributed by atoms with Gasteiger partial charge in [-0.3, -0.25) is 9.89 Å². The number of carbonyl (C=O) groups excluding carboxylic acids is 1. The Morgan fingerprint density at radius 1 is 1.36 bits per heavy atom. The molecule has 150 valence electrons. The number of H-pyrrole nitrogens is 1. The summed E-state index contributed by atoms with van der Waals surface area (Å²) in [6, 6.07) is 3.93. The zero-order valence-electron chi connectivity index (χ0n) is 16.3. The second-order valence-electron chi connectivity index (χ2n) is 8.79. The number of ether oxygens (including phenoxy) is 1. The van der Waals surface area contributed by atoms with E-state index in [0.29, 0.717) is 17.5 Å². The molecule has 1 saturated heterocycles. The standard InChI is InChI=1S/C21H28N4O2S/c1-25-9-15-6-18(20(7-16(15)10-25)27-11-13-2-3-13)22-21(26)19-8-17(23-24-19)14-4-5-28-12-14/h4-5,8,12-13,15-16,18,20H,2-3,6-7,9-11H2,1H3,(H,22,26)(H,23,24)/t15-,16+,18-,20-/m0/s1. The zero-order chi connectivity index (χ0) is 19.1. The van der Waals surface area contributed by atoms with Gasteiger partial charge in [-0.05, 0) is 68.0 Å². The van der Waals surface area contributed by atoms with E-state index in [-0.39, 0.29) is 18.1 Å². The number of aromatic nitrogens is 2. The number of hydrogen-bond acceptors (Lipinski definition) is 5. The van der Waals surface area contributed by atoms with Crippen molar-refractivity contribution >= 4 is 17.2 Å². The van der Waals surface area contributed by atoms with E-state index in [1.165, 1.54) is 12.8 Å². The molecule has 1 amide bonds. The van der Waals surface area contributed by atoms with Gasteiger partial charge in [0, 0.05) is 30.6 Å². The first-order valence-electron chi connectivity index (χ1n) is 10.3. The molecular formula is C21H28N4O2S. The van der Waals surface area contributed by atoms with Crippen LogP contribution in [-0.4, -0.2) is 59.9 Å². The average molecular weight is 401 g/mol. The summed E-state index contributed by atoms with van der Waals surface area (Å²) in [6.45, 7) is 3.12. The van der Waals surface area contributed by atoms with E-state index < -0.39 is 0 Å². The number of aromatic amines is 1. The minimum absolute atomic E-state index is 0.0758. The van der Waals surface area contributed by atoms with Crippen molar-refractivity contribution in [1.82, 2.24) is 20.4 Å². The Balaban J connectivity index is 1.27. The van der Waals surface area contributed by atoms with Crippen molar-refractivity contribution in [1.29, 1.82) is 0 Å². The molecule has 6 nitrogen and oxygen atoms in total. The van der Waals surface area contributed by atoms with Crippen molar-refractivity contribution in [3.05, 3.63) is 28.6 Å². The van der Waals surface area contributed by atoms with Crippen molar-refractivity contribution in [2.45, 2.75) is 37.8 Å². The molecule has 2 N–H and O–H groups in total. The summed E-state index contributed by atoms with van der Waals surface area (Å²) in [7, 11) is 2.20. The highest BCUT2D eigenvalue weighted by Crippen LogP contribution is 2.38. The number of likely N-dealkylation sites (tertiary alicyclic amines) is 1. The van der Waals surface area contributed by atoms with Crippen LogP contribution in [0.25, 0.3) is 11.3 Å². The molecule has 2 aromatic rings. The van der Waals surface area contributed by atoms with Gasteiger partial charge >= 0.3 is 0 Å². The van der Waals surface area contributed by atoms with Gasteiger partial charge in [0.25, 0.3) is 5.91 Å². The van der Waals surface area contributed by atoms with Gasteiger partial charge in [-0.25, -0.2) is 0 Å². The lowest BCUT2D eigenvalue weighted by Gasteiger charge is -2.38. The highest BCUT2D eigenvalue weighted by Gasteiger charge is 2.43. The Labute approximate surface area is 169 Å². The van der Waals surface area contributed by atoms with E-state index >= 15 is 0 Å². The molecule has 0 bridgehead atoms. The first-order valence-corrected chi connectivity index (χ1v) is 11.3. The summed E-state index contributed by atoms with van der Waals surface area (Å²) in [5, 5.41) is 14.5. The number of hydrogen-bond donors (Lipinski definition) is 2. The topological polar surface area (TPSA) is 70.2 Å². The van der Waals surface area contributed by atoms with E-state index in [4.69, 9.17) is 4.74 Å². The fraction of sp³-hybridized carbons (Fsp3) is 0.619. The molecule has 0 aromatic carbocycles. The number of nitrogens with one attached hydrogen (secondary N) is 2. The minimum Gasteiger partial charge on any atom is -0.376 e. The summed E-state index contributed by atoms with van der Waals surface area (Å²) in [4.78, 5) is 15.3. The molecule has 5 rings (SSSR count). The van der Waals surface area contributed by atoms with E-state index in [1.54, 1.807) is 11.3 Å². The third-order valence-corrected chi connectivity index (χ3v) is 7.18. The second-order valence-corrected chi connectivity index (χ2v) is 9.57. The molecule has 4 atom stereocenters. The van der Waals surface area contributed by atoms with Gasteiger partial charge in [0.05, 0.1) is 17.8 Å². The highest BCUT2D eigenvalue weighted by molar-refractivity contribution is 7.08. The Hall–Kier alpha value is -1.70. The number of nitrogens with zero attached hydrogens (tertiary/aromatic N) is 2. The Kier molecular flexibility index (Phi) is 4.99.